The lowest BCUT2D eigenvalue weighted by molar-refractivity contribution is 0.600. The molecule has 6 heteroatoms. The highest BCUT2D eigenvalue weighted by atomic mass is 32.2. The van der Waals surface area contributed by atoms with Crippen LogP contribution >= 0.6 is 0 Å². The maximum absolute atomic E-state index is 12.8. The molecular weight excluding hydrogens is 346 g/mol. The Morgan fingerprint density at radius 1 is 1.00 bits per heavy atom. The zero-order chi connectivity index (χ0) is 18.7. The molecule has 1 N–H and O–H groups in total. The average molecular weight is 369 g/mol. The number of aromatic nitrogens is 2. The number of benzene rings is 2. The van der Waals surface area contributed by atoms with Crippen LogP contribution in [-0.4, -0.2) is 18.2 Å². The average Bonchev–Trinajstić information content (AvgIpc) is 2.96. The highest BCUT2D eigenvalue weighted by molar-refractivity contribution is 7.92. The number of sulfonamides is 1. The van der Waals surface area contributed by atoms with E-state index in [4.69, 9.17) is 0 Å². The molecule has 5 nitrogen and oxygen atoms in total. The first-order chi connectivity index (χ1) is 12.4. The summed E-state index contributed by atoms with van der Waals surface area (Å²) in [6, 6.07) is 16.5. The van der Waals surface area contributed by atoms with Crippen LogP contribution in [0.25, 0.3) is 5.69 Å². The fourth-order valence-electron chi connectivity index (χ4n) is 2.78. The second-order valence-electron chi connectivity index (χ2n) is 6.42. The molecule has 1 aromatic heterocycles. The lowest BCUT2D eigenvalue weighted by Gasteiger charge is -2.11. The third kappa shape index (κ3) is 3.96. The van der Waals surface area contributed by atoms with Gasteiger partial charge in [0.05, 0.1) is 16.3 Å². The molecule has 0 fully saturated rings. The van der Waals surface area contributed by atoms with Crippen molar-refractivity contribution in [2.45, 2.75) is 38.5 Å². The van der Waals surface area contributed by atoms with Gasteiger partial charge in [0.15, 0.2) is 0 Å². The molecule has 3 rings (SSSR count). The third-order valence-corrected chi connectivity index (χ3v) is 5.49. The van der Waals surface area contributed by atoms with Gasteiger partial charge in [0.2, 0.25) is 0 Å². The smallest absolute Gasteiger partial charge is 0.263 e. The minimum absolute atomic E-state index is 0.242. The zero-order valence-electron chi connectivity index (χ0n) is 15.2. The van der Waals surface area contributed by atoms with Crippen LogP contribution in [0.1, 0.15) is 30.2 Å². The van der Waals surface area contributed by atoms with Crippen LogP contribution in [0.3, 0.4) is 0 Å². The van der Waals surface area contributed by atoms with Crippen LogP contribution in [0.2, 0.25) is 0 Å². The van der Waals surface area contributed by atoms with Gasteiger partial charge in [-0.3, -0.25) is 4.72 Å². The van der Waals surface area contributed by atoms with Gasteiger partial charge < -0.3 is 0 Å². The van der Waals surface area contributed by atoms with Crippen LogP contribution in [0, 0.1) is 13.8 Å². The summed E-state index contributed by atoms with van der Waals surface area (Å²) >= 11 is 0. The van der Waals surface area contributed by atoms with Gasteiger partial charge in [0.25, 0.3) is 10.0 Å². The Kier molecular flexibility index (Phi) is 5.13. The Hall–Kier alpha value is -2.60. The minimum atomic E-state index is -3.68. The topological polar surface area (TPSA) is 64.0 Å². The molecule has 2 aromatic carbocycles. The van der Waals surface area contributed by atoms with Gasteiger partial charge in [-0.2, -0.15) is 5.10 Å². The molecule has 0 aliphatic heterocycles. The van der Waals surface area contributed by atoms with E-state index in [2.05, 4.69) is 16.7 Å². The number of nitrogens with one attached hydrogen (secondary N) is 1. The fourth-order valence-corrected chi connectivity index (χ4v) is 3.81. The molecule has 136 valence electrons. The van der Waals surface area contributed by atoms with Crippen LogP contribution in [0.5, 0.6) is 0 Å². The van der Waals surface area contributed by atoms with Gasteiger partial charge in [-0.15, -0.1) is 0 Å². The van der Waals surface area contributed by atoms with Gasteiger partial charge in [0, 0.05) is 6.07 Å². The third-order valence-electron chi connectivity index (χ3n) is 4.12. The molecule has 0 aliphatic rings. The Bertz CT molecular complexity index is 989. The standard InChI is InChI=1S/C20H23N3O2S/c1-4-5-17-8-12-19(13-9-17)26(24,25)22-20-14-16(3)21-23(20)18-10-6-15(2)7-11-18/h6-14,22H,4-5H2,1-3H3. The first-order valence-corrected chi connectivity index (χ1v) is 10.1. The summed E-state index contributed by atoms with van der Waals surface area (Å²) in [6.45, 7) is 5.94. The molecule has 0 spiro atoms. The molecule has 0 unspecified atom stereocenters. The van der Waals surface area contributed by atoms with E-state index in [1.54, 1.807) is 22.9 Å². The first kappa shape index (κ1) is 18.2. The number of nitrogens with zero attached hydrogens (tertiary/aromatic N) is 2. The van der Waals surface area contributed by atoms with E-state index in [0.29, 0.717) is 5.82 Å². The summed E-state index contributed by atoms with van der Waals surface area (Å²) in [4.78, 5) is 0.242. The normalized spacial score (nSPS) is 11.5. The van der Waals surface area contributed by atoms with Gasteiger partial charge >= 0.3 is 0 Å². The molecule has 0 aliphatic carbocycles. The monoisotopic (exact) mass is 369 g/mol. The molecule has 0 saturated carbocycles. The zero-order valence-corrected chi connectivity index (χ0v) is 16.0. The van der Waals surface area contributed by atoms with Crippen LogP contribution in [-0.2, 0) is 16.4 Å². The quantitative estimate of drug-likeness (QED) is 0.707. The number of hydrogen-bond donors (Lipinski definition) is 1. The SMILES string of the molecule is CCCc1ccc(S(=O)(=O)Nc2cc(C)nn2-c2ccc(C)cc2)cc1. The summed E-state index contributed by atoms with van der Waals surface area (Å²) in [6.07, 6.45) is 1.96. The molecule has 26 heavy (non-hydrogen) atoms. The van der Waals surface area contributed by atoms with Gasteiger partial charge in [-0.25, -0.2) is 13.1 Å². The van der Waals surface area contributed by atoms with E-state index in [-0.39, 0.29) is 4.90 Å². The summed E-state index contributed by atoms with van der Waals surface area (Å²) in [5.41, 5.74) is 3.81. The first-order valence-electron chi connectivity index (χ1n) is 8.64. The molecule has 0 bridgehead atoms. The van der Waals surface area contributed by atoms with Crippen molar-refractivity contribution in [3.63, 3.8) is 0 Å². The summed E-state index contributed by atoms with van der Waals surface area (Å²) < 4.78 is 29.8. The van der Waals surface area contributed by atoms with Gasteiger partial charge in [0.1, 0.15) is 5.82 Å². The van der Waals surface area contributed by atoms with E-state index in [9.17, 15) is 8.42 Å². The molecule has 0 radical (unpaired) electrons. The number of anilines is 1. The predicted octanol–water partition coefficient (Wildman–Crippen LogP) is 4.24. The molecule has 0 atom stereocenters. The van der Waals surface area contributed by atoms with Crippen molar-refractivity contribution in [1.29, 1.82) is 0 Å². The predicted molar refractivity (Wildman–Crippen MR) is 104 cm³/mol. The van der Waals surface area contributed by atoms with Crippen molar-refractivity contribution < 1.29 is 8.42 Å². The fraction of sp³-hybridized carbons (Fsp3) is 0.250. The van der Waals surface area contributed by atoms with E-state index in [1.165, 1.54) is 0 Å². The van der Waals surface area contributed by atoms with Crippen LogP contribution in [0.15, 0.2) is 59.5 Å². The van der Waals surface area contributed by atoms with Gasteiger partial charge in [-0.1, -0.05) is 43.2 Å². The van der Waals surface area contributed by atoms with Gasteiger partial charge in [-0.05, 0) is 50.1 Å². The Balaban J connectivity index is 1.91. The summed E-state index contributed by atoms with van der Waals surface area (Å²) in [5, 5.41) is 4.42. The highest BCUT2D eigenvalue weighted by Crippen LogP contribution is 2.21. The Morgan fingerprint density at radius 3 is 2.27 bits per heavy atom. The van der Waals surface area contributed by atoms with E-state index in [1.807, 2.05) is 50.2 Å². The van der Waals surface area contributed by atoms with E-state index >= 15 is 0 Å². The largest absolute Gasteiger partial charge is 0.263 e. The Morgan fingerprint density at radius 2 is 1.65 bits per heavy atom. The minimum Gasteiger partial charge on any atom is -0.263 e. The van der Waals surface area contributed by atoms with Crippen molar-refractivity contribution in [1.82, 2.24) is 9.78 Å². The van der Waals surface area contributed by atoms with Crippen LogP contribution in [0.4, 0.5) is 5.82 Å². The summed E-state index contributed by atoms with van der Waals surface area (Å²) in [5.74, 6) is 0.420. The lowest BCUT2D eigenvalue weighted by atomic mass is 10.1. The second-order valence-corrected chi connectivity index (χ2v) is 8.10. The number of rotatable bonds is 6. The molecule has 3 aromatic rings. The lowest BCUT2D eigenvalue weighted by Crippen LogP contribution is -2.16. The maximum Gasteiger partial charge on any atom is 0.263 e. The molecule has 1 heterocycles. The molecular formula is C20H23N3O2S. The highest BCUT2D eigenvalue weighted by Gasteiger charge is 2.18. The van der Waals surface area contributed by atoms with Crippen molar-refractivity contribution in [3.05, 3.63) is 71.4 Å². The molecule has 0 amide bonds. The van der Waals surface area contributed by atoms with E-state index in [0.717, 1.165) is 35.3 Å². The van der Waals surface area contributed by atoms with E-state index < -0.39 is 10.0 Å². The molecule has 0 saturated heterocycles. The second kappa shape index (κ2) is 7.33. The van der Waals surface area contributed by atoms with Crippen molar-refractivity contribution in [3.8, 4) is 5.69 Å². The Labute approximate surface area is 154 Å². The number of hydrogen-bond acceptors (Lipinski definition) is 3. The van der Waals surface area contributed by atoms with Crippen molar-refractivity contribution >= 4 is 15.8 Å². The number of aryl methyl sites for hydroxylation is 3. The van der Waals surface area contributed by atoms with Crippen LogP contribution < -0.4 is 4.72 Å². The van der Waals surface area contributed by atoms with Crippen molar-refractivity contribution in [2.24, 2.45) is 0 Å². The van der Waals surface area contributed by atoms with Crippen molar-refractivity contribution in [2.75, 3.05) is 4.72 Å². The summed E-state index contributed by atoms with van der Waals surface area (Å²) in [7, 11) is -3.68. The maximum atomic E-state index is 12.8.